The third-order valence-corrected chi connectivity index (χ3v) is 6.04. The third kappa shape index (κ3) is 6.65. The zero-order valence-corrected chi connectivity index (χ0v) is 21.6. The molecule has 2 N–H and O–H groups in total. The lowest BCUT2D eigenvalue weighted by Crippen LogP contribution is -2.45. The minimum atomic E-state index is -0.440. The molecule has 3 rings (SSSR count). The van der Waals surface area contributed by atoms with Crippen LogP contribution in [-0.2, 0) is 16.1 Å². The second kappa shape index (κ2) is 11.4. The summed E-state index contributed by atoms with van der Waals surface area (Å²) < 4.78 is 11.0. The highest BCUT2D eigenvalue weighted by atomic mass is 16.5. The van der Waals surface area contributed by atoms with E-state index >= 15 is 0 Å². The molecule has 2 heterocycles. The molecule has 190 valence electrons. The maximum Gasteiger partial charge on any atom is 0.340 e. The van der Waals surface area contributed by atoms with E-state index in [2.05, 4.69) is 10.3 Å². The Hall–Kier alpha value is -3.29. The number of amides is 2. The SMILES string of the molecule is Cc1[nH]c(C(=O)N2CCC[C@H](C(=O)NCc3ccc(OC(C)C)cc3)C2)c(C)c1C(=O)OC(C)C. The smallest absolute Gasteiger partial charge is 0.340 e. The Morgan fingerprint density at radius 1 is 1.09 bits per heavy atom. The molecule has 0 radical (unpaired) electrons. The summed E-state index contributed by atoms with van der Waals surface area (Å²) in [7, 11) is 0. The number of ether oxygens (including phenoxy) is 2. The summed E-state index contributed by atoms with van der Waals surface area (Å²) in [6.45, 7) is 12.4. The highest BCUT2D eigenvalue weighted by Crippen LogP contribution is 2.24. The molecule has 0 unspecified atom stereocenters. The van der Waals surface area contributed by atoms with Crippen LogP contribution < -0.4 is 10.1 Å². The molecule has 35 heavy (non-hydrogen) atoms. The summed E-state index contributed by atoms with van der Waals surface area (Å²) in [4.78, 5) is 43.4. The van der Waals surface area contributed by atoms with E-state index in [1.54, 1.807) is 32.6 Å². The Morgan fingerprint density at radius 3 is 2.40 bits per heavy atom. The molecule has 0 saturated carbocycles. The minimum Gasteiger partial charge on any atom is -0.491 e. The monoisotopic (exact) mass is 483 g/mol. The number of aromatic amines is 1. The Balaban J connectivity index is 1.61. The molecule has 1 fully saturated rings. The van der Waals surface area contributed by atoms with Gasteiger partial charge in [0, 0.05) is 25.3 Å². The molecule has 2 aromatic rings. The van der Waals surface area contributed by atoms with Crippen molar-refractivity contribution in [1.82, 2.24) is 15.2 Å². The molecule has 1 aliphatic rings. The van der Waals surface area contributed by atoms with Crippen molar-refractivity contribution >= 4 is 17.8 Å². The quantitative estimate of drug-likeness (QED) is 0.550. The average molecular weight is 484 g/mol. The lowest BCUT2D eigenvalue weighted by molar-refractivity contribution is -0.126. The van der Waals surface area contributed by atoms with Crippen LogP contribution in [0.3, 0.4) is 0 Å². The highest BCUT2D eigenvalue weighted by Gasteiger charge is 2.32. The summed E-state index contributed by atoms with van der Waals surface area (Å²) in [5.41, 5.74) is 2.94. The van der Waals surface area contributed by atoms with Gasteiger partial charge in [-0.05, 0) is 77.6 Å². The first-order valence-electron chi connectivity index (χ1n) is 12.3. The summed E-state index contributed by atoms with van der Waals surface area (Å²) in [6, 6.07) is 7.67. The predicted octanol–water partition coefficient (Wildman–Crippen LogP) is 4.15. The maximum absolute atomic E-state index is 13.3. The van der Waals surface area contributed by atoms with Crippen LogP contribution in [0.2, 0.25) is 0 Å². The van der Waals surface area contributed by atoms with Gasteiger partial charge in [-0.25, -0.2) is 4.79 Å². The van der Waals surface area contributed by atoms with Crippen molar-refractivity contribution in [2.24, 2.45) is 5.92 Å². The van der Waals surface area contributed by atoms with E-state index in [9.17, 15) is 14.4 Å². The van der Waals surface area contributed by atoms with E-state index in [0.29, 0.717) is 42.1 Å². The second-order valence-corrected chi connectivity index (χ2v) is 9.70. The van der Waals surface area contributed by atoms with E-state index in [4.69, 9.17) is 9.47 Å². The number of benzene rings is 1. The van der Waals surface area contributed by atoms with Gasteiger partial charge in [-0.1, -0.05) is 12.1 Å². The fourth-order valence-electron chi connectivity index (χ4n) is 4.37. The molecule has 8 nitrogen and oxygen atoms in total. The zero-order valence-electron chi connectivity index (χ0n) is 21.6. The van der Waals surface area contributed by atoms with Crippen molar-refractivity contribution in [2.75, 3.05) is 13.1 Å². The Labute approximate surface area is 207 Å². The van der Waals surface area contributed by atoms with Crippen molar-refractivity contribution in [3.8, 4) is 5.75 Å². The second-order valence-electron chi connectivity index (χ2n) is 9.70. The number of esters is 1. The van der Waals surface area contributed by atoms with Crippen molar-refractivity contribution in [1.29, 1.82) is 0 Å². The fraction of sp³-hybridized carbons (Fsp3) is 0.519. The number of carbonyl (C=O) groups is 3. The van der Waals surface area contributed by atoms with Crippen LogP contribution >= 0.6 is 0 Å². The van der Waals surface area contributed by atoms with Gasteiger partial charge in [-0.15, -0.1) is 0 Å². The lowest BCUT2D eigenvalue weighted by Gasteiger charge is -2.32. The molecule has 1 atom stereocenters. The van der Waals surface area contributed by atoms with Crippen LogP contribution in [0.25, 0.3) is 0 Å². The molecule has 8 heteroatoms. The highest BCUT2D eigenvalue weighted by molar-refractivity contribution is 6.00. The number of likely N-dealkylation sites (tertiary alicyclic amines) is 1. The van der Waals surface area contributed by atoms with Crippen LogP contribution in [0.15, 0.2) is 24.3 Å². The number of piperidine rings is 1. The van der Waals surface area contributed by atoms with Crippen LogP contribution in [0.4, 0.5) is 0 Å². The van der Waals surface area contributed by atoms with E-state index in [1.807, 2.05) is 38.1 Å². The number of hydrogen-bond donors (Lipinski definition) is 2. The van der Waals surface area contributed by atoms with Gasteiger partial charge in [0.05, 0.1) is 23.7 Å². The van der Waals surface area contributed by atoms with Gasteiger partial charge in [0.1, 0.15) is 11.4 Å². The average Bonchev–Trinajstić information content (AvgIpc) is 3.11. The third-order valence-electron chi connectivity index (χ3n) is 6.04. The van der Waals surface area contributed by atoms with Crippen molar-refractivity contribution in [2.45, 2.75) is 73.1 Å². The van der Waals surface area contributed by atoms with Gasteiger partial charge >= 0.3 is 5.97 Å². The van der Waals surface area contributed by atoms with Crippen LogP contribution in [-0.4, -0.2) is 53.0 Å². The minimum absolute atomic E-state index is 0.0643. The Kier molecular flexibility index (Phi) is 8.59. The molecule has 1 aromatic carbocycles. The first-order valence-corrected chi connectivity index (χ1v) is 12.3. The maximum atomic E-state index is 13.3. The molecular weight excluding hydrogens is 446 g/mol. The molecule has 0 bridgehead atoms. The normalized spacial score (nSPS) is 15.9. The van der Waals surface area contributed by atoms with Crippen molar-refractivity contribution in [3.05, 3.63) is 52.3 Å². The standard InChI is InChI=1S/C27H37N3O5/c1-16(2)34-22-11-9-20(10-12-22)14-28-25(31)21-8-7-13-30(15-21)26(32)24-18(5)23(19(6)29-24)27(33)35-17(3)4/h9-12,16-17,21,29H,7-8,13-15H2,1-6H3,(H,28,31)/t21-/m0/s1. The van der Waals surface area contributed by atoms with E-state index in [1.165, 1.54) is 0 Å². The summed E-state index contributed by atoms with van der Waals surface area (Å²) in [6.07, 6.45) is 1.33. The summed E-state index contributed by atoms with van der Waals surface area (Å²) >= 11 is 0. The van der Waals surface area contributed by atoms with E-state index < -0.39 is 5.97 Å². The number of aromatic nitrogens is 1. The van der Waals surface area contributed by atoms with Gasteiger partial charge in [-0.3, -0.25) is 9.59 Å². The van der Waals surface area contributed by atoms with Gasteiger partial charge in [0.2, 0.25) is 5.91 Å². The number of carbonyl (C=O) groups excluding carboxylic acids is 3. The first kappa shape index (κ1) is 26.3. The van der Waals surface area contributed by atoms with Gasteiger partial charge < -0.3 is 24.7 Å². The molecule has 1 aliphatic heterocycles. The summed E-state index contributed by atoms with van der Waals surface area (Å²) in [5.74, 6) is -0.187. The number of hydrogen-bond acceptors (Lipinski definition) is 5. The zero-order chi connectivity index (χ0) is 25.7. The summed E-state index contributed by atoms with van der Waals surface area (Å²) in [5, 5.41) is 3.00. The molecule has 0 spiro atoms. The number of nitrogens with zero attached hydrogens (tertiary/aromatic N) is 1. The van der Waals surface area contributed by atoms with E-state index in [0.717, 1.165) is 24.2 Å². The Bertz CT molecular complexity index is 1060. The lowest BCUT2D eigenvalue weighted by atomic mass is 9.96. The van der Waals surface area contributed by atoms with Gasteiger partial charge in [0.15, 0.2) is 0 Å². The number of H-pyrrole nitrogens is 1. The number of nitrogens with one attached hydrogen (secondary N) is 2. The molecular formula is C27H37N3O5. The van der Waals surface area contributed by atoms with Gasteiger partial charge in [-0.2, -0.15) is 0 Å². The largest absolute Gasteiger partial charge is 0.491 e. The van der Waals surface area contributed by atoms with Crippen LogP contribution in [0.1, 0.15) is 78.2 Å². The van der Waals surface area contributed by atoms with Crippen LogP contribution in [0.5, 0.6) is 5.75 Å². The molecule has 1 aromatic heterocycles. The predicted molar refractivity (Wildman–Crippen MR) is 133 cm³/mol. The van der Waals surface area contributed by atoms with Crippen LogP contribution in [0, 0.1) is 19.8 Å². The molecule has 2 amide bonds. The number of rotatable bonds is 8. The van der Waals surface area contributed by atoms with Gasteiger partial charge in [0.25, 0.3) is 5.91 Å². The van der Waals surface area contributed by atoms with Crippen molar-refractivity contribution in [3.63, 3.8) is 0 Å². The molecule has 1 saturated heterocycles. The fourth-order valence-corrected chi connectivity index (χ4v) is 4.37. The first-order chi connectivity index (χ1) is 16.6. The van der Waals surface area contributed by atoms with Crippen molar-refractivity contribution < 1.29 is 23.9 Å². The number of aryl methyl sites for hydroxylation is 1. The topological polar surface area (TPSA) is 101 Å². The molecule has 0 aliphatic carbocycles. The van der Waals surface area contributed by atoms with E-state index in [-0.39, 0.29) is 29.9 Å². The Morgan fingerprint density at radius 2 is 1.77 bits per heavy atom.